The Bertz CT molecular complexity index is 502. The van der Waals surface area contributed by atoms with Crippen LogP contribution in [-0.2, 0) is 39.0 Å². The predicted octanol–water partition coefficient (Wildman–Crippen LogP) is 5.45. The van der Waals surface area contributed by atoms with Crippen molar-refractivity contribution < 1.29 is 32.7 Å². The molecule has 0 aliphatic carbocycles. The Labute approximate surface area is 229 Å². The van der Waals surface area contributed by atoms with Crippen molar-refractivity contribution in [3.63, 3.8) is 0 Å². The molecule has 1 aliphatic heterocycles. The Balaban J connectivity index is -0.000000206. The predicted molar refractivity (Wildman–Crippen MR) is 146 cm³/mol. The molecule has 4 nitrogen and oxygen atoms in total. The number of aromatic nitrogens is 2. The van der Waals surface area contributed by atoms with Crippen molar-refractivity contribution in [2.45, 2.75) is 87.5 Å². The van der Waals surface area contributed by atoms with E-state index in [1.807, 2.05) is 81.5 Å². The zero-order valence-corrected chi connectivity index (χ0v) is 25.7. The monoisotopic (exact) mass is 514 g/mol. The Morgan fingerprint density at radius 2 is 1.56 bits per heavy atom. The summed E-state index contributed by atoms with van der Waals surface area (Å²) in [6.07, 6.45) is 10.3. The minimum atomic E-state index is 0. The first-order chi connectivity index (χ1) is 15.1. The second kappa shape index (κ2) is 30.9. The molecule has 1 saturated heterocycles. The summed E-state index contributed by atoms with van der Waals surface area (Å²) in [4.78, 5) is 13.1. The van der Waals surface area contributed by atoms with Crippen molar-refractivity contribution >= 4 is 33.7 Å². The summed E-state index contributed by atoms with van der Waals surface area (Å²) in [6, 6.07) is 0. The SMILES string of the molecule is CC.CC.CCN1CCCCC1.C[B]C.[CH-]=Cc1[c-]nc(C[B]C)nc1N(C)C[B]C.[Y]. The zero-order chi connectivity index (χ0) is 24.5. The molecule has 2 heterocycles. The molecule has 0 aromatic carbocycles. The number of rotatable bonds is 7. The first-order valence-electron chi connectivity index (χ1n) is 12.1. The molecular formula is C24H48B3N4Y-2. The van der Waals surface area contributed by atoms with Gasteiger partial charge in [-0.05, 0) is 51.8 Å². The number of nitrogens with zero attached hydrogens (tertiary/aromatic N) is 4. The topological polar surface area (TPSA) is 32.3 Å². The molecule has 0 spiro atoms. The Hall–Kier alpha value is -0.121. The third-order valence-corrected chi connectivity index (χ3v) is 4.05. The minimum Gasteiger partial charge on any atom is -0.421 e. The first kappa shape index (κ1) is 39.1. The maximum Gasteiger partial charge on any atom is 0.131 e. The van der Waals surface area contributed by atoms with Crippen LogP contribution in [0.15, 0.2) is 0 Å². The molecule has 1 fully saturated rings. The van der Waals surface area contributed by atoms with Gasteiger partial charge in [0.25, 0.3) is 0 Å². The van der Waals surface area contributed by atoms with Crippen LogP contribution in [0.1, 0.15) is 65.3 Å². The van der Waals surface area contributed by atoms with Gasteiger partial charge in [0, 0.05) is 38.5 Å². The van der Waals surface area contributed by atoms with Gasteiger partial charge < -0.3 is 32.4 Å². The molecule has 178 valence electrons. The molecule has 1 aliphatic rings. The number of likely N-dealkylation sites (tertiary alicyclic amines) is 1. The van der Waals surface area contributed by atoms with Gasteiger partial charge in [0.05, 0.1) is 0 Å². The van der Waals surface area contributed by atoms with Crippen LogP contribution in [0.25, 0.3) is 6.08 Å². The van der Waals surface area contributed by atoms with E-state index in [1.54, 1.807) is 0 Å². The molecule has 8 heteroatoms. The normalized spacial score (nSPS) is 11.6. The van der Waals surface area contributed by atoms with Gasteiger partial charge in [0.1, 0.15) is 21.8 Å². The molecule has 0 amide bonds. The molecule has 0 atom stereocenters. The van der Waals surface area contributed by atoms with E-state index in [-0.39, 0.29) is 32.7 Å². The molecule has 2 rings (SSSR count). The van der Waals surface area contributed by atoms with Crippen molar-refractivity contribution in [3.05, 3.63) is 24.2 Å². The second-order valence-corrected chi connectivity index (χ2v) is 6.63. The largest absolute Gasteiger partial charge is 0.421 e. The maximum absolute atomic E-state index is 5.53. The summed E-state index contributed by atoms with van der Waals surface area (Å²) >= 11 is 0. The average Bonchev–Trinajstić information content (AvgIpc) is 2.83. The zero-order valence-electron chi connectivity index (χ0n) is 22.9. The molecule has 1 aromatic heterocycles. The van der Waals surface area contributed by atoms with Gasteiger partial charge in [-0.2, -0.15) is 0 Å². The fraction of sp³-hybridized carbons (Fsp3) is 0.750. The molecule has 4 radical (unpaired) electrons. The summed E-state index contributed by atoms with van der Waals surface area (Å²) in [5.41, 5.74) is 0.740. The quantitative estimate of drug-likeness (QED) is 0.358. The molecule has 0 saturated carbocycles. The third kappa shape index (κ3) is 20.5. The second-order valence-electron chi connectivity index (χ2n) is 6.63. The smallest absolute Gasteiger partial charge is 0.131 e. The summed E-state index contributed by atoms with van der Waals surface area (Å²) < 4.78 is 0. The Morgan fingerprint density at radius 3 is 1.94 bits per heavy atom. The Kier molecular flexibility index (Phi) is 37.7. The van der Waals surface area contributed by atoms with Gasteiger partial charge in [-0.25, -0.2) is 5.56 Å². The van der Waals surface area contributed by atoms with E-state index in [9.17, 15) is 0 Å². The first-order valence-corrected chi connectivity index (χ1v) is 12.1. The van der Waals surface area contributed by atoms with E-state index in [2.05, 4.69) is 35.3 Å². The van der Waals surface area contributed by atoms with E-state index in [1.165, 1.54) is 45.0 Å². The van der Waals surface area contributed by atoms with Crippen LogP contribution < -0.4 is 4.90 Å². The summed E-state index contributed by atoms with van der Waals surface area (Å²) in [5.74, 6) is 1.60. The van der Waals surface area contributed by atoms with Gasteiger partial charge in [-0.1, -0.05) is 74.7 Å². The van der Waals surface area contributed by atoms with Gasteiger partial charge in [0.15, 0.2) is 0 Å². The van der Waals surface area contributed by atoms with Gasteiger partial charge in [-0.3, -0.25) is 0 Å². The van der Waals surface area contributed by atoms with Crippen LogP contribution in [0.2, 0.25) is 27.3 Å². The molecule has 0 bridgehead atoms. The molecule has 32 heavy (non-hydrogen) atoms. The average molecular weight is 514 g/mol. The standard InChI is InChI=1S/C11H15B2N3.C7H15N.C2H6B.2C2H6.Y/c1-5-9-7-14-10(6-12-2)15-11(9)16(4)8-13-3;1-2-8-6-4-3-5-7-8;1-3-2;2*1-2;/h1,5H,6,8H2,2-4H3;2-7H2,1H3;1-2H3;2*1-2H3;/q-2;;;;;. The maximum atomic E-state index is 5.53. The number of anilines is 1. The molecule has 0 N–H and O–H groups in total. The molecular weight excluding hydrogens is 466 g/mol. The van der Waals surface area contributed by atoms with Crippen molar-refractivity contribution in [3.8, 4) is 0 Å². The van der Waals surface area contributed by atoms with Crippen LogP contribution in [0.5, 0.6) is 0 Å². The minimum absolute atomic E-state index is 0. The van der Waals surface area contributed by atoms with Crippen molar-refractivity contribution in [2.75, 3.05) is 38.0 Å². The van der Waals surface area contributed by atoms with Crippen LogP contribution in [0, 0.1) is 12.8 Å². The fourth-order valence-electron chi connectivity index (χ4n) is 2.69. The van der Waals surface area contributed by atoms with Crippen LogP contribution >= 0.6 is 0 Å². The van der Waals surface area contributed by atoms with Crippen LogP contribution in [-0.4, -0.2) is 69.8 Å². The van der Waals surface area contributed by atoms with E-state index in [0.717, 1.165) is 30.0 Å². The number of piperidine rings is 1. The van der Waals surface area contributed by atoms with E-state index >= 15 is 0 Å². The van der Waals surface area contributed by atoms with Crippen molar-refractivity contribution in [1.82, 2.24) is 14.9 Å². The van der Waals surface area contributed by atoms with Crippen molar-refractivity contribution in [2.24, 2.45) is 0 Å². The summed E-state index contributed by atoms with van der Waals surface area (Å²) in [5, 5.41) is 0. The third-order valence-electron chi connectivity index (χ3n) is 4.05. The van der Waals surface area contributed by atoms with E-state index in [0.29, 0.717) is 0 Å². The Morgan fingerprint density at radius 1 is 1.03 bits per heavy atom. The molecule has 1 aromatic rings. The van der Waals surface area contributed by atoms with Crippen LogP contribution in [0.4, 0.5) is 5.82 Å². The van der Waals surface area contributed by atoms with Crippen molar-refractivity contribution in [1.29, 1.82) is 0 Å². The van der Waals surface area contributed by atoms with Gasteiger partial charge in [0.2, 0.25) is 0 Å². The fourth-order valence-corrected chi connectivity index (χ4v) is 2.69. The van der Waals surface area contributed by atoms with Crippen LogP contribution in [0.3, 0.4) is 0 Å². The van der Waals surface area contributed by atoms with E-state index in [4.69, 9.17) is 6.58 Å². The summed E-state index contributed by atoms with van der Waals surface area (Å²) in [6.45, 7) is 27.7. The number of hydrogen-bond acceptors (Lipinski definition) is 4. The number of hydrogen-bond donors (Lipinski definition) is 0. The summed E-state index contributed by atoms with van der Waals surface area (Å²) in [7, 11) is 8.06. The van der Waals surface area contributed by atoms with E-state index < -0.39 is 0 Å². The van der Waals surface area contributed by atoms with Gasteiger partial charge >= 0.3 is 0 Å². The molecule has 0 unspecified atom stereocenters. The van der Waals surface area contributed by atoms with Gasteiger partial charge in [-0.15, -0.1) is 6.20 Å².